The molecule has 2 aromatic rings. The molecule has 0 amide bonds. The van der Waals surface area contributed by atoms with E-state index in [0.717, 1.165) is 0 Å². The van der Waals surface area contributed by atoms with Crippen molar-refractivity contribution in [3.8, 4) is 11.5 Å². The number of rotatable bonds is 8. The first-order valence-electron chi connectivity index (χ1n) is 7.49. The molecule has 0 bridgehead atoms. The maximum atomic E-state index is 12.2. The Morgan fingerprint density at radius 1 is 1.08 bits per heavy atom. The molecular weight excluding hydrogens is 328 g/mol. The van der Waals surface area contributed by atoms with Gasteiger partial charge in [-0.2, -0.15) is 0 Å². The SMILES string of the molecule is CCC([NH])C(=O)CNS(=O)(=O)c1ccc(Oc2ccccc2)cc1. The molecule has 0 aliphatic heterocycles. The summed E-state index contributed by atoms with van der Waals surface area (Å²) < 4.78 is 32.1. The van der Waals surface area contributed by atoms with Crippen molar-refractivity contribution < 1.29 is 17.9 Å². The largest absolute Gasteiger partial charge is 0.457 e. The number of ether oxygens (including phenoxy) is 1. The zero-order valence-electron chi connectivity index (χ0n) is 13.2. The van der Waals surface area contributed by atoms with Crippen molar-refractivity contribution >= 4 is 15.8 Å². The molecule has 0 saturated carbocycles. The summed E-state index contributed by atoms with van der Waals surface area (Å²) in [5, 5.41) is 0. The van der Waals surface area contributed by atoms with Crippen molar-refractivity contribution in [2.45, 2.75) is 24.3 Å². The highest BCUT2D eigenvalue weighted by molar-refractivity contribution is 7.89. The maximum absolute atomic E-state index is 12.2. The molecule has 24 heavy (non-hydrogen) atoms. The lowest BCUT2D eigenvalue weighted by atomic mass is 10.1. The highest BCUT2D eigenvalue weighted by Gasteiger charge is 2.18. The molecule has 1 atom stereocenters. The second-order valence-corrected chi connectivity index (χ2v) is 6.91. The molecule has 0 fully saturated rings. The predicted octanol–water partition coefficient (Wildman–Crippen LogP) is 2.39. The van der Waals surface area contributed by atoms with E-state index in [1.54, 1.807) is 31.2 Å². The number of ketones is 1. The van der Waals surface area contributed by atoms with Gasteiger partial charge in [0.05, 0.1) is 17.5 Å². The zero-order valence-corrected chi connectivity index (χ0v) is 14.0. The lowest BCUT2D eigenvalue weighted by Crippen LogP contribution is -2.35. The molecule has 6 nitrogen and oxygen atoms in total. The molecule has 127 valence electrons. The van der Waals surface area contributed by atoms with Gasteiger partial charge in [0.15, 0.2) is 5.78 Å². The molecule has 0 spiro atoms. The molecule has 0 heterocycles. The van der Waals surface area contributed by atoms with E-state index in [2.05, 4.69) is 4.72 Å². The standard InChI is InChI=1S/C17H19N2O4S/c1-2-16(18)17(20)12-19-24(21,22)15-10-8-14(9-11-15)23-13-6-4-3-5-7-13/h3-11,16,18-19H,2,12H2,1H3. The summed E-state index contributed by atoms with van der Waals surface area (Å²) in [5.74, 6) is 0.705. The Labute approximate surface area is 141 Å². The second kappa shape index (κ2) is 8.05. The number of hydrogen-bond acceptors (Lipinski definition) is 4. The van der Waals surface area contributed by atoms with Crippen LogP contribution in [0.5, 0.6) is 11.5 Å². The summed E-state index contributed by atoms with van der Waals surface area (Å²) in [6, 6.07) is 14.1. The van der Waals surface area contributed by atoms with Crippen molar-refractivity contribution in [3.05, 3.63) is 54.6 Å². The summed E-state index contributed by atoms with van der Waals surface area (Å²) >= 11 is 0. The van der Waals surface area contributed by atoms with Crippen LogP contribution in [0.25, 0.3) is 0 Å². The minimum Gasteiger partial charge on any atom is -0.457 e. The Balaban J connectivity index is 2.02. The average molecular weight is 347 g/mol. The molecule has 1 radical (unpaired) electrons. The fourth-order valence-corrected chi connectivity index (χ4v) is 2.91. The minimum atomic E-state index is -3.80. The van der Waals surface area contributed by atoms with Gasteiger partial charge in [0.25, 0.3) is 0 Å². The van der Waals surface area contributed by atoms with Crippen LogP contribution in [0.15, 0.2) is 59.5 Å². The number of benzene rings is 2. The van der Waals surface area contributed by atoms with E-state index in [1.165, 1.54) is 12.1 Å². The van der Waals surface area contributed by atoms with Gasteiger partial charge < -0.3 is 4.74 Å². The summed E-state index contributed by atoms with van der Waals surface area (Å²) in [5.41, 5.74) is 7.47. The maximum Gasteiger partial charge on any atom is 0.240 e. The van der Waals surface area contributed by atoms with E-state index in [1.807, 2.05) is 18.2 Å². The number of nitrogens with one attached hydrogen (secondary N) is 2. The van der Waals surface area contributed by atoms with Gasteiger partial charge >= 0.3 is 0 Å². The normalized spacial score (nSPS) is 12.6. The fraction of sp³-hybridized carbons (Fsp3) is 0.235. The zero-order chi connectivity index (χ0) is 17.6. The summed E-state index contributed by atoms with van der Waals surface area (Å²) in [4.78, 5) is 11.6. The van der Waals surface area contributed by atoms with Gasteiger partial charge in [-0.05, 0) is 42.8 Å². The monoisotopic (exact) mass is 347 g/mol. The third-order valence-corrected chi connectivity index (χ3v) is 4.76. The number of sulfonamides is 1. The van der Waals surface area contributed by atoms with Crippen molar-refractivity contribution in [1.29, 1.82) is 0 Å². The van der Waals surface area contributed by atoms with Crippen LogP contribution in [0.3, 0.4) is 0 Å². The molecule has 0 aliphatic carbocycles. The molecule has 0 saturated heterocycles. The Bertz CT molecular complexity index is 774. The Morgan fingerprint density at radius 2 is 1.67 bits per heavy atom. The molecule has 7 heteroatoms. The van der Waals surface area contributed by atoms with E-state index < -0.39 is 21.8 Å². The topological polar surface area (TPSA) is 96.3 Å². The van der Waals surface area contributed by atoms with Crippen LogP contribution in [-0.4, -0.2) is 26.8 Å². The summed E-state index contributed by atoms with van der Waals surface area (Å²) in [6.45, 7) is 1.32. The third kappa shape index (κ3) is 4.89. The quantitative estimate of drug-likeness (QED) is 0.793. The van der Waals surface area contributed by atoms with Crippen molar-refractivity contribution in [1.82, 2.24) is 10.5 Å². The predicted molar refractivity (Wildman–Crippen MR) is 90.3 cm³/mol. The van der Waals surface area contributed by atoms with E-state index in [0.29, 0.717) is 17.9 Å². The van der Waals surface area contributed by atoms with Gasteiger partial charge in [-0.15, -0.1) is 0 Å². The number of hydrogen-bond donors (Lipinski definition) is 1. The molecule has 2 aromatic carbocycles. The number of carbonyl (C=O) groups is 1. The molecular formula is C17H19N2O4S. The van der Waals surface area contributed by atoms with Gasteiger partial charge in [-0.3, -0.25) is 4.79 Å². The first-order chi connectivity index (χ1) is 11.4. The lowest BCUT2D eigenvalue weighted by molar-refractivity contribution is -0.119. The average Bonchev–Trinajstić information content (AvgIpc) is 2.60. The fourth-order valence-electron chi connectivity index (χ4n) is 1.91. The molecule has 2 N–H and O–H groups in total. The van der Waals surface area contributed by atoms with Crippen LogP contribution in [-0.2, 0) is 14.8 Å². The molecule has 0 aromatic heterocycles. The van der Waals surface area contributed by atoms with Crippen LogP contribution >= 0.6 is 0 Å². The third-order valence-electron chi connectivity index (χ3n) is 3.35. The van der Waals surface area contributed by atoms with E-state index in [9.17, 15) is 13.2 Å². The number of Topliss-reactive ketones (excluding diaryl/α,β-unsaturated/α-hetero) is 1. The van der Waals surface area contributed by atoms with E-state index in [4.69, 9.17) is 10.5 Å². The van der Waals surface area contributed by atoms with Gasteiger partial charge in [-0.1, -0.05) is 25.1 Å². The summed E-state index contributed by atoms with van der Waals surface area (Å²) in [7, 11) is -3.80. The number of carbonyl (C=O) groups excluding carboxylic acids is 1. The van der Waals surface area contributed by atoms with E-state index in [-0.39, 0.29) is 11.4 Å². The minimum absolute atomic E-state index is 0.0359. The Hall–Kier alpha value is -2.22. The van der Waals surface area contributed by atoms with Crippen LogP contribution in [0.1, 0.15) is 13.3 Å². The van der Waals surface area contributed by atoms with Crippen LogP contribution in [0, 0.1) is 0 Å². The molecule has 0 aliphatic rings. The van der Waals surface area contributed by atoms with Crippen LogP contribution in [0.2, 0.25) is 0 Å². The Kier molecular flexibility index (Phi) is 6.08. The Morgan fingerprint density at radius 3 is 2.25 bits per heavy atom. The van der Waals surface area contributed by atoms with Crippen molar-refractivity contribution in [2.24, 2.45) is 0 Å². The van der Waals surface area contributed by atoms with E-state index >= 15 is 0 Å². The highest BCUT2D eigenvalue weighted by atomic mass is 32.2. The lowest BCUT2D eigenvalue weighted by Gasteiger charge is -2.10. The van der Waals surface area contributed by atoms with Gasteiger partial charge in [0, 0.05) is 0 Å². The van der Waals surface area contributed by atoms with Crippen LogP contribution < -0.4 is 15.2 Å². The van der Waals surface area contributed by atoms with Gasteiger partial charge in [-0.25, -0.2) is 18.9 Å². The van der Waals surface area contributed by atoms with Gasteiger partial charge in [0.2, 0.25) is 10.0 Å². The highest BCUT2D eigenvalue weighted by Crippen LogP contribution is 2.22. The van der Waals surface area contributed by atoms with Crippen LogP contribution in [0.4, 0.5) is 0 Å². The first kappa shape index (κ1) is 18.1. The summed E-state index contributed by atoms with van der Waals surface area (Å²) in [6.07, 6.45) is 0.353. The van der Waals surface area contributed by atoms with Crippen molar-refractivity contribution in [2.75, 3.05) is 6.54 Å². The van der Waals surface area contributed by atoms with Crippen molar-refractivity contribution in [3.63, 3.8) is 0 Å². The smallest absolute Gasteiger partial charge is 0.240 e. The molecule has 2 rings (SSSR count). The molecule has 1 unspecified atom stereocenters. The first-order valence-corrected chi connectivity index (χ1v) is 8.97. The van der Waals surface area contributed by atoms with Gasteiger partial charge in [0.1, 0.15) is 11.5 Å². The second-order valence-electron chi connectivity index (χ2n) is 5.14. The number of para-hydroxylation sites is 1.